The SMILES string of the molecule is COc1ccc2c(c1OC)C(=O)O[C@@H]2N1C(=O)CC[C@H]1C(=O)N[C@H](Cc1ccccc1)C(=O)O. The highest BCUT2D eigenvalue weighted by Crippen LogP contribution is 2.45. The van der Waals surface area contributed by atoms with Crippen molar-refractivity contribution in [2.45, 2.75) is 37.6 Å². The maximum atomic E-state index is 13.1. The van der Waals surface area contributed by atoms with E-state index >= 15 is 0 Å². The minimum atomic E-state index is -1.19. The van der Waals surface area contributed by atoms with Crippen molar-refractivity contribution in [3.8, 4) is 11.5 Å². The standard InChI is InChI=1S/C24H24N2O8/c1-32-17-10-8-14-19(20(17)33-2)24(31)34-22(14)26-16(9-11-18(26)27)21(28)25-15(23(29)30)12-13-6-4-3-5-7-13/h3-8,10,15-16,22H,9,11-12H2,1-2H3,(H,25,28)(H,29,30)/t15-,16+,22+/m1/s1. The molecule has 2 aliphatic rings. The fraction of sp³-hybridized carbons (Fsp3) is 0.333. The van der Waals surface area contributed by atoms with Crippen LogP contribution in [0.15, 0.2) is 42.5 Å². The number of ether oxygens (including phenoxy) is 3. The number of hydrogen-bond acceptors (Lipinski definition) is 7. The Kier molecular flexibility index (Phi) is 6.40. The number of carbonyl (C=O) groups excluding carboxylic acids is 3. The molecule has 0 saturated carbocycles. The van der Waals surface area contributed by atoms with Gasteiger partial charge >= 0.3 is 11.9 Å². The number of likely N-dealkylation sites (tertiary alicyclic amines) is 1. The lowest BCUT2D eigenvalue weighted by atomic mass is 10.0. The second-order valence-electron chi connectivity index (χ2n) is 7.97. The number of benzene rings is 2. The lowest BCUT2D eigenvalue weighted by Gasteiger charge is -2.30. The third kappa shape index (κ3) is 4.14. The summed E-state index contributed by atoms with van der Waals surface area (Å²) in [6, 6.07) is 9.90. The number of amides is 2. The van der Waals surface area contributed by atoms with Gasteiger partial charge in [-0.05, 0) is 24.1 Å². The van der Waals surface area contributed by atoms with Crippen LogP contribution in [-0.2, 0) is 25.5 Å². The molecule has 2 heterocycles. The highest BCUT2D eigenvalue weighted by Gasteiger charge is 2.48. The van der Waals surface area contributed by atoms with Gasteiger partial charge in [0.25, 0.3) is 0 Å². The molecule has 0 spiro atoms. The summed E-state index contributed by atoms with van der Waals surface area (Å²) in [5, 5.41) is 12.2. The van der Waals surface area contributed by atoms with Gasteiger partial charge in [-0.1, -0.05) is 30.3 Å². The molecule has 3 atom stereocenters. The molecule has 1 fully saturated rings. The van der Waals surface area contributed by atoms with Gasteiger partial charge in [-0.2, -0.15) is 0 Å². The van der Waals surface area contributed by atoms with Crippen molar-refractivity contribution in [1.29, 1.82) is 0 Å². The Morgan fingerprint density at radius 1 is 1.15 bits per heavy atom. The molecule has 10 heteroatoms. The van der Waals surface area contributed by atoms with Crippen LogP contribution in [0.2, 0.25) is 0 Å². The Balaban J connectivity index is 1.59. The van der Waals surface area contributed by atoms with Gasteiger partial charge in [0.2, 0.25) is 18.0 Å². The molecule has 0 bridgehead atoms. The molecule has 0 aromatic heterocycles. The largest absolute Gasteiger partial charge is 0.493 e. The molecule has 0 unspecified atom stereocenters. The zero-order valence-electron chi connectivity index (χ0n) is 18.6. The van der Waals surface area contributed by atoms with Crippen LogP contribution >= 0.6 is 0 Å². The van der Waals surface area contributed by atoms with E-state index in [1.165, 1.54) is 19.1 Å². The highest BCUT2D eigenvalue weighted by molar-refractivity contribution is 5.99. The maximum Gasteiger partial charge on any atom is 0.344 e. The first kappa shape index (κ1) is 23.1. The molecule has 34 heavy (non-hydrogen) atoms. The van der Waals surface area contributed by atoms with E-state index < -0.39 is 36.2 Å². The number of esters is 1. The maximum absolute atomic E-state index is 13.1. The van der Waals surface area contributed by atoms with Crippen molar-refractivity contribution in [2.24, 2.45) is 0 Å². The van der Waals surface area contributed by atoms with Gasteiger partial charge in [-0.25, -0.2) is 9.59 Å². The van der Waals surface area contributed by atoms with Crippen molar-refractivity contribution in [2.75, 3.05) is 14.2 Å². The molecule has 2 aliphatic heterocycles. The second-order valence-corrected chi connectivity index (χ2v) is 7.97. The van der Waals surface area contributed by atoms with Crippen molar-refractivity contribution < 1.29 is 38.5 Å². The topological polar surface area (TPSA) is 131 Å². The Bertz CT molecular complexity index is 1130. The summed E-state index contributed by atoms with van der Waals surface area (Å²) in [6.45, 7) is 0. The fourth-order valence-corrected chi connectivity index (χ4v) is 4.36. The predicted molar refractivity (Wildman–Crippen MR) is 117 cm³/mol. The number of hydrogen-bond donors (Lipinski definition) is 2. The molecule has 10 nitrogen and oxygen atoms in total. The summed E-state index contributed by atoms with van der Waals surface area (Å²) in [4.78, 5) is 51.6. The molecule has 4 rings (SSSR count). The quantitative estimate of drug-likeness (QED) is 0.560. The Labute approximate surface area is 195 Å². The van der Waals surface area contributed by atoms with Crippen molar-refractivity contribution in [3.05, 3.63) is 59.2 Å². The number of nitrogens with zero attached hydrogens (tertiary/aromatic N) is 1. The number of methoxy groups -OCH3 is 2. The molecular weight excluding hydrogens is 444 g/mol. The average molecular weight is 468 g/mol. The van der Waals surface area contributed by atoms with E-state index in [1.807, 2.05) is 6.07 Å². The zero-order valence-corrected chi connectivity index (χ0v) is 18.6. The van der Waals surface area contributed by atoms with Crippen LogP contribution in [0.25, 0.3) is 0 Å². The number of rotatable bonds is 8. The first-order chi connectivity index (χ1) is 16.3. The van der Waals surface area contributed by atoms with E-state index in [2.05, 4.69) is 5.32 Å². The number of carboxylic acid groups (broad SMARTS) is 1. The molecule has 0 aliphatic carbocycles. The van der Waals surface area contributed by atoms with Crippen molar-refractivity contribution >= 4 is 23.8 Å². The average Bonchev–Trinajstić information content (AvgIpc) is 3.37. The predicted octanol–water partition coefficient (Wildman–Crippen LogP) is 1.68. The number of carbonyl (C=O) groups is 4. The molecule has 178 valence electrons. The molecule has 2 aromatic rings. The Hall–Kier alpha value is -4.08. The lowest BCUT2D eigenvalue weighted by molar-refractivity contribution is -0.147. The summed E-state index contributed by atoms with van der Waals surface area (Å²) < 4.78 is 16.0. The van der Waals surface area contributed by atoms with Crippen molar-refractivity contribution in [1.82, 2.24) is 10.2 Å². The van der Waals surface area contributed by atoms with Gasteiger partial charge in [-0.3, -0.25) is 14.5 Å². The molecule has 2 N–H and O–H groups in total. The van der Waals surface area contributed by atoms with E-state index in [-0.39, 0.29) is 36.5 Å². The van der Waals surface area contributed by atoms with Crippen LogP contribution < -0.4 is 14.8 Å². The zero-order chi connectivity index (χ0) is 24.4. The first-order valence-corrected chi connectivity index (χ1v) is 10.7. The molecule has 0 radical (unpaired) electrons. The van der Waals surface area contributed by atoms with Gasteiger partial charge in [0.05, 0.1) is 14.2 Å². The smallest absolute Gasteiger partial charge is 0.344 e. The van der Waals surface area contributed by atoms with Gasteiger partial charge in [0.1, 0.15) is 17.6 Å². The summed E-state index contributed by atoms with van der Waals surface area (Å²) in [5.41, 5.74) is 1.24. The number of nitrogens with one attached hydrogen (secondary N) is 1. The van der Waals surface area contributed by atoms with Gasteiger partial charge in [-0.15, -0.1) is 0 Å². The minimum Gasteiger partial charge on any atom is -0.493 e. The van der Waals surface area contributed by atoms with E-state index in [0.717, 1.165) is 5.56 Å². The van der Waals surface area contributed by atoms with Crippen LogP contribution in [-0.4, -0.2) is 60.1 Å². The van der Waals surface area contributed by atoms with E-state index in [9.17, 15) is 24.3 Å². The summed E-state index contributed by atoms with van der Waals surface area (Å²) in [5.74, 6) is -2.40. The number of aliphatic carboxylic acids is 1. The highest BCUT2D eigenvalue weighted by atomic mass is 16.6. The molecule has 1 saturated heterocycles. The molecule has 2 aromatic carbocycles. The van der Waals surface area contributed by atoms with Crippen LogP contribution in [0.1, 0.15) is 40.6 Å². The van der Waals surface area contributed by atoms with E-state index in [0.29, 0.717) is 11.3 Å². The van der Waals surface area contributed by atoms with Crippen LogP contribution in [0.4, 0.5) is 0 Å². The summed E-state index contributed by atoms with van der Waals surface area (Å²) in [7, 11) is 2.81. The van der Waals surface area contributed by atoms with Crippen LogP contribution in [0, 0.1) is 0 Å². The third-order valence-electron chi connectivity index (χ3n) is 5.97. The first-order valence-electron chi connectivity index (χ1n) is 10.7. The summed E-state index contributed by atoms with van der Waals surface area (Å²) in [6.07, 6.45) is -0.823. The number of fused-ring (bicyclic) bond motifs is 1. The minimum absolute atomic E-state index is 0.0607. The van der Waals surface area contributed by atoms with Gasteiger partial charge in [0, 0.05) is 18.4 Å². The molecular formula is C24H24N2O8. The number of cyclic esters (lactones) is 1. The lowest BCUT2D eigenvalue weighted by Crippen LogP contribution is -2.51. The van der Waals surface area contributed by atoms with E-state index in [4.69, 9.17) is 14.2 Å². The van der Waals surface area contributed by atoms with E-state index in [1.54, 1.807) is 36.4 Å². The number of carboxylic acids is 1. The van der Waals surface area contributed by atoms with Crippen LogP contribution in [0.5, 0.6) is 11.5 Å². The third-order valence-corrected chi connectivity index (χ3v) is 5.97. The van der Waals surface area contributed by atoms with Crippen LogP contribution in [0.3, 0.4) is 0 Å². The normalized spacial score (nSPS) is 19.9. The summed E-state index contributed by atoms with van der Waals surface area (Å²) >= 11 is 0. The Morgan fingerprint density at radius 2 is 1.88 bits per heavy atom. The molecule has 2 amide bonds. The van der Waals surface area contributed by atoms with Gasteiger partial charge in [0.15, 0.2) is 11.5 Å². The second kappa shape index (κ2) is 9.42. The Morgan fingerprint density at radius 3 is 2.53 bits per heavy atom. The monoisotopic (exact) mass is 468 g/mol. The fourth-order valence-electron chi connectivity index (χ4n) is 4.36. The van der Waals surface area contributed by atoms with Gasteiger partial charge < -0.3 is 24.6 Å². The van der Waals surface area contributed by atoms with Crippen molar-refractivity contribution in [3.63, 3.8) is 0 Å².